The Balaban J connectivity index is 2.08. The van der Waals surface area contributed by atoms with Crippen LogP contribution < -0.4 is 5.73 Å². The van der Waals surface area contributed by atoms with Gasteiger partial charge in [0, 0.05) is 30.9 Å². The lowest BCUT2D eigenvalue weighted by atomic mass is 10.3. The third-order valence-corrected chi connectivity index (χ3v) is 2.98. The van der Waals surface area contributed by atoms with E-state index in [-0.39, 0.29) is 5.69 Å². The van der Waals surface area contributed by atoms with Gasteiger partial charge in [-0.1, -0.05) is 0 Å². The number of nitro groups is 1. The van der Waals surface area contributed by atoms with Crippen LogP contribution in [0, 0.1) is 10.1 Å². The van der Waals surface area contributed by atoms with Crippen molar-refractivity contribution in [1.82, 2.24) is 19.5 Å². The molecule has 0 spiro atoms. The molecule has 0 aliphatic rings. The molecule has 8 heteroatoms. The fraction of sp³-hybridized carbons (Fsp3) is 0.167. The molecule has 0 fully saturated rings. The number of nitrogens with one attached hydrogen (secondary N) is 1. The highest BCUT2D eigenvalue weighted by Gasteiger charge is 2.12. The first-order chi connectivity index (χ1) is 9.69. The fourth-order valence-electron chi connectivity index (χ4n) is 2.05. The van der Waals surface area contributed by atoms with Gasteiger partial charge < -0.3 is 10.7 Å². The van der Waals surface area contributed by atoms with Crippen molar-refractivity contribution >= 4 is 16.7 Å². The number of benzene rings is 1. The second-order valence-corrected chi connectivity index (χ2v) is 4.27. The smallest absolute Gasteiger partial charge is 0.271 e. The molecule has 0 aliphatic carbocycles. The van der Waals surface area contributed by atoms with Crippen molar-refractivity contribution in [2.75, 3.05) is 6.54 Å². The number of nitro benzene ring substituents is 1. The number of rotatable bonds is 4. The molecule has 3 N–H and O–H groups in total. The van der Waals surface area contributed by atoms with E-state index >= 15 is 0 Å². The van der Waals surface area contributed by atoms with Crippen molar-refractivity contribution in [2.24, 2.45) is 5.73 Å². The van der Waals surface area contributed by atoms with Crippen molar-refractivity contribution in [3.63, 3.8) is 0 Å². The number of fused-ring (bicyclic) bond motifs is 1. The molecule has 0 aliphatic heterocycles. The maximum atomic E-state index is 10.8. The van der Waals surface area contributed by atoms with Gasteiger partial charge in [0.2, 0.25) is 5.95 Å². The van der Waals surface area contributed by atoms with E-state index in [4.69, 9.17) is 5.73 Å². The van der Waals surface area contributed by atoms with Crippen molar-refractivity contribution in [1.29, 1.82) is 0 Å². The van der Waals surface area contributed by atoms with Crippen molar-refractivity contribution < 1.29 is 4.92 Å². The Labute approximate surface area is 113 Å². The molecule has 0 unspecified atom stereocenters. The lowest BCUT2D eigenvalue weighted by Gasteiger charge is -2.01. The molecular formula is C12H12N6O2. The molecule has 0 saturated heterocycles. The van der Waals surface area contributed by atoms with Crippen molar-refractivity contribution in [3.05, 3.63) is 46.5 Å². The zero-order valence-corrected chi connectivity index (χ0v) is 10.5. The summed E-state index contributed by atoms with van der Waals surface area (Å²) in [5, 5.41) is 10.8. The number of nitrogens with two attached hydrogens (primary N) is 1. The molecule has 1 aromatic carbocycles. The summed E-state index contributed by atoms with van der Waals surface area (Å²) in [7, 11) is 0. The third kappa shape index (κ3) is 2.01. The Bertz CT molecular complexity index is 775. The summed E-state index contributed by atoms with van der Waals surface area (Å²) in [6.07, 6.45) is 4.07. The summed E-state index contributed by atoms with van der Waals surface area (Å²) in [6, 6.07) is 4.51. The van der Waals surface area contributed by atoms with E-state index in [0.717, 1.165) is 5.82 Å². The monoisotopic (exact) mass is 272 g/mol. The number of nitrogens with zero attached hydrogens (tertiary/aromatic N) is 4. The first-order valence-corrected chi connectivity index (χ1v) is 6.06. The van der Waals surface area contributed by atoms with Crippen LogP contribution in [0.4, 0.5) is 5.69 Å². The minimum atomic E-state index is -0.434. The summed E-state index contributed by atoms with van der Waals surface area (Å²) >= 11 is 0. The zero-order chi connectivity index (χ0) is 14.1. The lowest BCUT2D eigenvalue weighted by molar-refractivity contribution is -0.384. The minimum Gasteiger partial charge on any atom is -0.330 e. The minimum absolute atomic E-state index is 0.0283. The molecule has 20 heavy (non-hydrogen) atoms. The van der Waals surface area contributed by atoms with Gasteiger partial charge in [0.1, 0.15) is 5.82 Å². The summed E-state index contributed by atoms with van der Waals surface area (Å²) in [5.41, 5.74) is 6.84. The van der Waals surface area contributed by atoms with Gasteiger partial charge in [-0.3, -0.25) is 14.7 Å². The predicted octanol–water partition coefficient (Wildman–Crippen LogP) is 1.16. The molecule has 0 bridgehead atoms. The fourth-order valence-corrected chi connectivity index (χ4v) is 2.05. The number of H-pyrrole nitrogens is 1. The summed E-state index contributed by atoms with van der Waals surface area (Å²) < 4.78 is 1.79. The average Bonchev–Trinajstić information content (AvgIpc) is 3.03. The number of hydrogen-bond donors (Lipinski definition) is 2. The molecule has 3 aromatic rings. The van der Waals surface area contributed by atoms with E-state index in [1.165, 1.54) is 12.1 Å². The van der Waals surface area contributed by atoms with Crippen LogP contribution >= 0.6 is 0 Å². The van der Waals surface area contributed by atoms with Gasteiger partial charge in [0.25, 0.3) is 5.69 Å². The van der Waals surface area contributed by atoms with Crippen LogP contribution in [-0.2, 0) is 6.42 Å². The predicted molar refractivity (Wildman–Crippen MR) is 72.6 cm³/mol. The number of aromatic amines is 1. The topological polar surface area (TPSA) is 116 Å². The number of aromatic nitrogens is 4. The lowest BCUT2D eigenvalue weighted by Crippen LogP contribution is -2.09. The first-order valence-electron chi connectivity index (χ1n) is 6.06. The van der Waals surface area contributed by atoms with E-state index in [2.05, 4.69) is 15.0 Å². The quantitative estimate of drug-likeness (QED) is 0.546. The number of non-ortho nitro benzene ring substituents is 1. The van der Waals surface area contributed by atoms with Crippen LogP contribution in [0.3, 0.4) is 0 Å². The normalized spacial score (nSPS) is 11.1. The first kappa shape index (κ1) is 12.3. The Morgan fingerprint density at radius 2 is 2.30 bits per heavy atom. The zero-order valence-electron chi connectivity index (χ0n) is 10.5. The number of imidazole rings is 2. The molecule has 3 rings (SSSR count). The molecular weight excluding hydrogens is 260 g/mol. The summed E-state index contributed by atoms with van der Waals surface area (Å²) in [6.45, 7) is 0.489. The Morgan fingerprint density at radius 1 is 1.45 bits per heavy atom. The molecule has 8 nitrogen and oxygen atoms in total. The van der Waals surface area contributed by atoms with Crippen molar-refractivity contribution in [3.8, 4) is 5.95 Å². The highest BCUT2D eigenvalue weighted by atomic mass is 16.6. The van der Waals surface area contributed by atoms with Gasteiger partial charge in [0.15, 0.2) is 0 Å². The SMILES string of the molecule is NCCc1nccn1-c1nc2ccc([N+](=O)[O-])cc2[nH]1. The van der Waals surface area contributed by atoms with Gasteiger partial charge >= 0.3 is 0 Å². The van der Waals surface area contributed by atoms with E-state index in [0.29, 0.717) is 29.9 Å². The molecule has 2 heterocycles. The summed E-state index contributed by atoms with van der Waals surface area (Å²) in [5.74, 6) is 1.36. The highest BCUT2D eigenvalue weighted by molar-refractivity contribution is 5.78. The maximum absolute atomic E-state index is 10.8. The molecule has 0 amide bonds. The van der Waals surface area contributed by atoms with Crippen LogP contribution in [0.15, 0.2) is 30.6 Å². The second kappa shape index (κ2) is 4.74. The summed E-state index contributed by atoms with van der Waals surface area (Å²) in [4.78, 5) is 22.0. The van der Waals surface area contributed by atoms with Crippen molar-refractivity contribution in [2.45, 2.75) is 6.42 Å². The van der Waals surface area contributed by atoms with Crippen LogP contribution in [0.5, 0.6) is 0 Å². The van der Waals surface area contributed by atoms with Gasteiger partial charge in [-0.2, -0.15) is 0 Å². The number of hydrogen-bond acceptors (Lipinski definition) is 5. The second-order valence-electron chi connectivity index (χ2n) is 4.27. The van der Waals surface area contributed by atoms with Crippen LogP contribution in [-0.4, -0.2) is 31.0 Å². The van der Waals surface area contributed by atoms with Crippen LogP contribution in [0.1, 0.15) is 5.82 Å². The highest BCUT2D eigenvalue weighted by Crippen LogP contribution is 2.20. The van der Waals surface area contributed by atoms with Gasteiger partial charge in [-0.25, -0.2) is 9.97 Å². The molecule has 0 radical (unpaired) electrons. The Morgan fingerprint density at radius 3 is 3.05 bits per heavy atom. The van der Waals surface area contributed by atoms with Gasteiger partial charge in [-0.05, 0) is 12.6 Å². The van der Waals surface area contributed by atoms with E-state index in [1.54, 1.807) is 23.0 Å². The third-order valence-electron chi connectivity index (χ3n) is 2.98. The Kier molecular flexibility index (Phi) is 2.92. The molecule has 102 valence electrons. The largest absolute Gasteiger partial charge is 0.330 e. The Hall–Kier alpha value is -2.74. The van der Waals surface area contributed by atoms with E-state index in [9.17, 15) is 10.1 Å². The molecule has 2 aromatic heterocycles. The average molecular weight is 272 g/mol. The molecule has 0 atom stereocenters. The maximum Gasteiger partial charge on any atom is 0.271 e. The van der Waals surface area contributed by atoms with E-state index in [1.807, 2.05) is 0 Å². The van der Waals surface area contributed by atoms with Gasteiger partial charge in [0.05, 0.1) is 16.0 Å². The van der Waals surface area contributed by atoms with Crippen LogP contribution in [0.2, 0.25) is 0 Å². The van der Waals surface area contributed by atoms with E-state index < -0.39 is 4.92 Å². The standard InChI is InChI=1S/C12H12N6O2/c13-4-3-11-14-5-6-17(11)12-15-9-2-1-8(18(19)20)7-10(9)16-12/h1-2,5-7H,3-4,13H2,(H,15,16). The molecule has 0 saturated carbocycles. The van der Waals surface area contributed by atoms with Crippen LogP contribution in [0.25, 0.3) is 17.0 Å². The van der Waals surface area contributed by atoms with Gasteiger partial charge in [-0.15, -0.1) is 0 Å².